The SMILES string of the molecule is CCCNC(C1CCc2cccnc21)C1CCCC1C. The molecule has 20 heavy (non-hydrogen) atoms. The van der Waals surface area contributed by atoms with E-state index in [-0.39, 0.29) is 0 Å². The lowest BCUT2D eigenvalue weighted by Crippen LogP contribution is -2.42. The Morgan fingerprint density at radius 1 is 1.35 bits per heavy atom. The summed E-state index contributed by atoms with van der Waals surface area (Å²) in [5.74, 6) is 2.36. The van der Waals surface area contributed by atoms with E-state index in [4.69, 9.17) is 4.98 Å². The summed E-state index contributed by atoms with van der Waals surface area (Å²) in [6, 6.07) is 5.01. The predicted molar refractivity (Wildman–Crippen MR) is 83.9 cm³/mol. The molecule has 2 heteroatoms. The summed E-state index contributed by atoms with van der Waals surface area (Å²) in [5.41, 5.74) is 2.88. The number of hydrogen-bond donors (Lipinski definition) is 1. The number of rotatable bonds is 5. The van der Waals surface area contributed by atoms with Crippen molar-refractivity contribution in [3.63, 3.8) is 0 Å². The molecule has 2 aliphatic rings. The van der Waals surface area contributed by atoms with Crippen molar-refractivity contribution in [3.8, 4) is 0 Å². The van der Waals surface area contributed by atoms with Gasteiger partial charge in [0, 0.05) is 23.9 Å². The molecule has 1 aromatic rings. The van der Waals surface area contributed by atoms with Crippen LogP contribution in [-0.4, -0.2) is 17.6 Å². The van der Waals surface area contributed by atoms with Crippen LogP contribution in [0.15, 0.2) is 18.3 Å². The normalized spacial score (nSPS) is 30.4. The minimum Gasteiger partial charge on any atom is -0.313 e. The lowest BCUT2D eigenvalue weighted by molar-refractivity contribution is 0.258. The van der Waals surface area contributed by atoms with Crippen molar-refractivity contribution < 1.29 is 0 Å². The predicted octanol–water partition coefficient (Wildman–Crippen LogP) is 3.92. The smallest absolute Gasteiger partial charge is 0.0482 e. The Kier molecular flexibility index (Phi) is 4.40. The van der Waals surface area contributed by atoms with Crippen molar-refractivity contribution in [2.24, 2.45) is 11.8 Å². The van der Waals surface area contributed by atoms with E-state index in [0.717, 1.165) is 18.4 Å². The van der Waals surface area contributed by atoms with Gasteiger partial charge in [-0.25, -0.2) is 0 Å². The summed E-state index contributed by atoms with van der Waals surface area (Å²) in [6.45, 7) is 5.86. The third kappa shape index (κ3) is 2.63. The van der Waals surface area contributed by atoms with E-state index in [1.165, 1.54) is 49.8 Å². The van der Waals surface area contributed by atoms with E-state index in [9.17, 15) is 0 Å². The van der Waals surface area contributed by atoms with Gasteiger partial charge in [0.15, 0.2) is 0 Å². The number of fused-ring (bicyclic) bond motifs is 1. The van der Waals surface area contributed by atoms with Crippen molar-refractivity contribution in [1.82, 2.24) is 10.3 Å². The Labute approximate surface area is 123 Å². The molecule has 0 aliphatic heterocycles. The van der Waals surface area contributed by atoms with Crippen molar-refractivity contribution in [3.05, 3.63) is 29.6 Å². The van der Waals surface area contributed by atoms with Crippen LogP contribution in [0.3, 0.4) is 0 Å². The number of nitrogens with zero attached hydrogens (tertiary/aromatic N) is 1. The fraction of sp³-hybridized carbons (Fsp3) is 0.722. The molecule has 1 fully saturated rings. The lowest BCUT2D eigenvalue weighted by atomic mass is 9.81. The molecule has 0 aromatic carbocycles. The van der Waals surface area contributed by atoms with Gasteiger partial charge in [-0.3, -0.25) is 4.98 Å². The maximum atomic E-state index is 4.73. The van der Waals surface area contributed by atoms with Crippen LogP contribution >= 0.6 is 0 Å². The van der Waals surface area contributed by atoms with Gasteiger partial charge < -0.3 is 5.32 Å². The summed E-state index contributed by atoms with van der Waals surface area (Å²) >= 11 is 0. The van der Waals surface area contributed by atoms with Crippen molar-refractivity contribution in [2.45, 2.75) is 64.3 Å². The van der Waals surface area contributed by atoms with Gasteiger partial charge in [0.05, 0.1) is 0 Å². The van der Waals surface area contributed by atoms with Crippen molar-refractivity contribution in [1.29, 1.82) is 0 Å². The van der Waals surface area contributed by atoms with Gasteiger partial charge in [0.1, 0.15) is 0 Å². The van der Waals surface area contributed by atoms with E-state index in [0.29, 0.717) is 12.0 Å². The standard InChI is InChI=1S/C18H28N2/c1-3-11-19-18(15-8-4-6-13(15)2)16-10-9-14-7-5-12-20-17(14)16/h5,7,12-13,15-16,18-19H,3-4,6,8-11H2,1-2H3. The summed E-state index contributed by atoms with van der Waals surface area (Å²) in [7, 11) is 0. The van der Waals surface area contributed by atoms with Crippen molar-refractivity contribution in [2.75, 3.05) is 6.54 Å². The highest BCUT2D eigenvalue weighted by atomic mass is 14.9. The summed E-state index contributed by atoms with van der Waals surface area (Å²) < 4.78 is 0. The number of nitrogens with one attached hydrogen (secondary N) is 1. The van der Waals surface area contributed by atoms with Crippen LogP contribution in [0.5, 0.6) is 0 Å². The fourth-order valence-electron chi connectivity index (χ4n) is 4.40. The molecule has 110 valence electrons. The van der Waals surface area contributed by atoms with Gasteiger partial charge in [0.2, 0.25) is 0 Å². The second kappa shape index (κ2) is 6.26. The minimum atomic E-state index is 0.642. The van der Waals surface area contributed by atoms with Crippen LogP contribution in [0.1, 0.15) is 63.1 Å². The summed E-state index contributed by atoms with van der Waals surface area (Å²) in [6.07, 6.45) is 9.94. The number of aromatic nitrogens is 1. The molecule has 0 spiro atoms. The zero-order valence-electron chi connectivity index (χ0n) is 12.9. The Morgan fingerprint density at radius 3 is 3.00 bits per heavy atom. The molecule has 2 aliphatic carbocycles. The van der Waals surface area contributed by atoms with E-state index in [1.54, 1.807) is 0 Å². The fourth-order valence-corrected chi connectivity index (χ4v) is 4.40. The molecule has 4 atom stereocenters. The van der Waals surface area contributed by atoms with E-state index >= 15 is 0 Å². The summed E-state index contributed by atoms with van der Waals surface area (Å²) in [4.78, 5) is 4.73. The molecule has 1 saturated carbocycles. The first kappa shape index (κ1) is 14.1. The molecule has 2 nitrogen and oxygen atoms in total. The van der Waals surface area contributed by atoms with E-state index in [1.807, 2.05) is 6.20 Å². The van der Waals surface area contributed by atoms with Gasteiger partial charge >= 0.3 is 0 Å². The Hall–Kier alpha value is -0.890. The van der Waals surface area contributed by atoms with Gasteiger partial charge in [-0.1, -0.05) is 32.8 Å². The first-order chi connectivity index (χ1) is 9.81. The van der Waals surface area contributed by atoms with Crippen LogP contribution in [-0.2, 0) is 6.42 Å². The van der Waals surface area contributed by atoms with Crippen LogP contribution in [0.4, 0.5) is 0 Å². The largest absolute Gasteiger partial charge is 0.313 e. The zero-order valence-corrected chi connectivity index (χ0v) is 12.9. The van der Waals surface area contributed by atoms with E-state index < -0.39 is 0 Å². The van der Waals surface area contributed by atoms with Gasteiger partial charge in [-0.2, -0.15) is 0 Å². The maximum absolute atomic E-state index is 4.73. The second-order valence-corrected chi connectivity index (χ2v) is 6.74. The molecule has 4 unspecified atom stereocenters. The Morgan fingerprint density at radius 2 is 2.25 bits per heavy atom. The molecule has 1 aromatic heterocycles. The Bertz CT molecular complexity index is 443. The van der Waals surface area contributed by atoms with Gasteiger partial charge in [0.25, 0.3) is 0 Å². The average molecular weight is 272 g/mol. The highest BCUT2D eigenvalue weighted by molar-refractivity contribution is 5.30. The average Bonchev–Trinajstić information content (AvgIpc) is 3.07. The molecular weight excluding hydrogens is 244 g/mol. The minimum absolute atomic E-state index is 0.642. The molecule has 0 saturated heterocycles. The molecule has 3 rings (SSSR count). The number of pyridine rings is 1. The molecule has 1 heterocycles. The molecule has 1 N–H and O–H groups in total. The number of aryl methyl sites for hydroxylation is 1. The van der Waals surface area contributed by atoms with Crippen molar-refractivity contribution >= 4 is 0 Å². The zero-order chi connectivity index (χ0) is 13.9. The molecular formula is C18H28N2. The number of hydrogen-bond acceptors (Lipinski definition) is 2. The molecule has 0 amide bonds. The first-order valence-corrected chi connectivity index (χ1v) is 8.48. The van der Waals surface area contributed by atoms with E-state index in [2.05, 4.69) is 31.3 Å². The quantitative estimate of drug-likeness (QED) is 0.879. The highest BCUT2D eigenvalue weighted by Gasteiger charge is 2.39. The lowest BCUT2D eigenvalue weighted by Gasteiger charge is -2.33. The third-order valence-electron chi connectivity index (χ3n) is 5.45. The maximum Gasteiger partial charge on any atom is 0.0482 e. The third-order valence-corrected chi connectivity index (χ3v) is 5.45. The summed E-state index contributed by atoms with van der Waals surface area (Å²) in [5, 5.41) is 3.88. The van der Waals surface area contributed by atoms with Crippen LogP contribution < -0.4 is 5.32 Å². The molecule has 0 bridgehead atoms. The highest BCUT2D eigenvalue weighted by Crippen LogP contribution is 2.42. The van der Waals surface area contributed by atoms with Gasteiger partial charge in [-0.15, -0.1) is 0 Å². The molecule has 0 radical (unpaired) electrons. The first-order valence-electron chi connectivity index (χ1n) is 8.48. The van der Waals surface area contributed by atoms with Gasteiger partial charge in [-0.05, 0) is 55.7 Å². The topological polar surface area (TPSA) is 24.9 Å². The Balaban J connectivity index is 1.82. The second-order valence-electron chi connectivity index (χ2n) is 6.74. The van der Waals surface area contributed by atoms with Crippen LogP contribution in [0.25, 0.3) is 0 Å². The van der Waals surface area contributed by atoms with Crippen LogP contribution in [0, 0.1) is 11.8 Å². The monoisotopic (exact) mass is 272 g/mol. The van der Waals surface area contributed by atoms with Crippen LogP contribution in [0.2, 0.25) is 0 Å².